The van der Waals surface area contributed by atoms with Crippen LogP contribution in [0.1, 0.15) is 112 Å². The van der Waals surface area contributed by atoms with Gasteiger partial charge in [-0.2, -0.15) is 0 Å². The Hall–Kier alpha value is -0.310. The van der Waals surface area contributed by atoms with Gasteiger partial charge in [0, 0.05) is 6.42 Å². The summed E-state index contributed by atoms with van der Waals surface area (Å²) in [4.78, 5) is 11.9. The van der Waals surface area contributed by atoms with E-state index in [0.717, 1.165) is 48.3 Å². The number of esters is 1. The van der Waals surface area contributed by atoms with Crippen molar-refractivity contribution in [2.75, 3.05) is 0 Å². The SMILES string of the molecule is CC(C)CCC[C@@H](C)[C@H]1CC[C@H]2[C@@H]3CC=C4C[C@@H](OC(=O)[C@@H](C)Br)CC[C@]4(C)[C@H]3CC[C@]12C. The molecule has 33 heavy (non-hydrogen) atoms. The van der Waals surface area contributed by atoms with Crippen molar-refractivity contribution in [3.63, 3.8) is 0 Å². The Kier molecular flexibility index (Phi) is 7.79. The third-order valence-corrected chi connectivity index (χ3v) is 11.2. The standard InChI is InChI=1S/C30H49BrO2/c1-19(2)8-7-9-20(3)25-12-13-26-24-11-10-22-18-23(33-28(32)21(4)31)14-16-29(22,5)27(24)15-17-30(25,26)6/h10,19-21,23-27H,7-9,11-18H2,1-6H3/t20-,21-,23+,24+,25-,26+,27+,29+,30-/m1/s1. The first-order valence-corrected chi connectivity index (χ1v) is 15.0. The van der Waals surface area contributed by atoms with Crippen LogP contribution >= 0.6 is 15.9 Å². The van der Waals surface area contributed by atoms with Gasteiger partial charge in [-0.05, 0) is 98.2 Å². The number of rotatable bonds is 7. The summed E-state index contributed by atoms with van der Waals surface area (Å²) in [6, 6.07) is 0. The van der Waals surface area contributed by atoms with Gasteiger partial charge in [0.25, 0.3) is 0 Å². The fraction of sp³-hybridized carbons (Fsp3) is 0.900. The second-order valence-electron chi connectivity index (χ2n) is 13.2. The van der Waals surface area contributed by atoms with Crippen LogP contribution in [0.3, 0.4) is 0 Å². The highest BCUT2D eigenvalue weighted by Crippen LogP contribution is 2.67. The predicted octanol–water partition coefficient (Wildman–Crippen LogP) is 8.72. The molecule has 0 heterocycles. The summed E-state index contributed by atoms with van der Waals surface area (Å²) in [5.74, 6) is 5.14. The number of carbonyl (C=O) groups excluding carboxylic acids is 1. The number of carbonyl (C=O) groups is 1. The quantitative estimate of drug-likeness (QED) is 0.190. The van der Waals surface area contributed by atoms with Crippen molar-refractivity contribution in [3.8, 4) is 0 Å². The number of ether oxygens (including phenoxy) is 1. The smallest absolute Gasteiger partial charge is 0.319 e. The lowest BCUT2D eigenvalue weighted by Gasteiger charge is -2.58. The predicted molar refractivity (Wildman–Crippen MR) is 141 cm³/mol. The molecule has 0 aromatic rings. The molecule has 9 atom stereocenters. The van der Waals surface area contributed by atoms with Gasteiger partial charge in [-0.1, -0.05) is 81.5 Å². The maximum absolute atomic E-state index is 12.1. The minimum Gasteiger partial charge on any atom is -0.461 e. The molecule has 0 aliphatic heterocycles. The number of halogens is 1. The summed E-state index contributed by atoms with van der Waals surface area (Å²) >= 11 is 3.37. The topological polar surface area (TPSA) is 26.3 Å². The molecule has 0 saturated heterocycles. The van der Waals surface area contributed by atoms with Gasteiger partial charge in [0.05, 0.1) is 0 Å². The van der Waals surface area contributed by atoms with Crippen LogP contribution in [-0.4, -0.2) is 16.9 Å². The zero-order valence-electron chi connectivity index (χ0n) is 22.2. The summed E-state index contributed by atoms with van der Waals surface area (Å²) in [5.41, 5.74) is 2.49. The number of fused-ring (bicyclic) bond motifs is 5. The Bertz CT molecular complexity index is 742. The van der Waals surface area contributed by atoms with E-state index >= 15 is 0 Å². The van der Waals surface area contributed by atoms with Crippen molar-refractivity contribution in [2.45, 2.75) is 123 Å². The Morgan fingerprint density at radius 2 is 1.82 bits per heavy atom. The molecule has 2 nitrogen and oxygen atoms in total. The zero-order valence-corrected chi connectivity index (χ0v) is 23.8. The van der Waals surface area contributed by atoms with E-state index in [1.165, 1.54) is 57.8 Å². The van der Waals surface area contributed by atoms with Gasteiger partial charge < -0.3 is 4.74 Å². The number of allylic oxidation sites excluding steroid dienone is 1. The van der Waals surface area contributed by atoms with E-state index in [1.54, 1.807) is 5.57 Å². The molecule has 0 amide bonds. The first-order chi connectivity index (χ1) is 15.6. The highest BCUT2D eigenvalue weighted by Gasteiger charge is 2.59. The van der Waals surface area contributed by atoms with Gasteiger partial charge in [0.2, 0.25) is 0 Å². The van der Waals surface area contributed by atoms with E-state index in [0.29, 0.717) is 10.8 Å². The second-order valence-corrected chi connectivity index (χ2v) is 14.6. The van der Waals surface area contributed by atoms with Crippen molar-refractivity contribution in [1.82, 2.24) is 0 Å². The van der Waals surface area contributed by atoms with E-state index in [4.69, 9.17) is 4.74 Å². The zero-order chi connectivity index (χ0) is 24.0. The average molecular weight is 522 g/mol. The summed E-state index contributed by atoms with van der Waals surface area (Å²) < 4.78 is 5.83. The molecule has 0 spiro atoms. The monoisotopic (exact) mass is 520 g/mol. The second kappa shape index (κ2) is 9.98. The van der Waals surface area contributed by atoms with Crippen molar-refractivity contribution < 1.29 is 9.53 Å². The molecule has 3 heteroatoms. The van der Waals surface area contributed by atoms with E-state index < -0.39 is 0 Å². The molecule has 188 valence electrons. The van der Waals surface area contributed by atoms with Crippen LogP contribution in [0.5, 0.6) is 0 Å². The van der Waals surface area contributed by atoms with Crippen LogP contribution in [0.4, 0.5) is 0 Å². The average Bonchev–Trinajstić information content (AvgIpc) is 3.11. The number of alkyl halides is 1. The van der Waals surface area contributed by atoms with Gasteiger partial charge in [-0.3, -0.25) is 4.79 Å². The molecule has 4 rings (SSSR count). The Balaban J connectivity index is 1.45. The minimum atomic E-state index is -0.213. The molecule has 0 N–H and O–H groups in total. The van der Waals surface area contributed by atoms with Crippen molar-refractivity contribution >= 4 is 21.9 Å². The molecule has 4 aliphatic rings. The summed E-state index contributed by atoms with van der Waals surface area (Å²) in [7, 11) is 0. The van der Waals surface area contributed by atoms with Gasteiger partial charge in [0.1, 0.15) is 10.9 Å². The first kappa shape index (κ1) is 25.8. The van der Waals surface area contributed by atoms with Crippen LogP contribution < -0.4 is 0 Å². The summed E-state index contributed by atoms with van der Waals surface area (Å²) in [6.45, 7) is 14.4. The summed E-state index contributed by atoms with van der Waals surface area (Å²) in [6.07, 6.45) is 17.1. The fourth-order valence-electron chi connectivity index (χ4n) is 9.01. The molecule has 3 saturated carbocycles. The van der Waals surface area contributed by atoms with E-state index in [1.807, 2.05) is 6.92 Å². The van der Waals surface area contributed by atoms with Gasteiger partial charge in [-0.25, -0.2) is 0 Å². The normalized spacial score (nSPS) is 42.1. The largest absolute Gasteiger partial charge is 0.461 e. The maximum atomic E-state index is 12.1. The summed E-state index contributed by atoms with van der Waals surface area (Å²) in [5, 5.41) is 0. The van der Waals surface area contributed by atoms with Crippen molar-refractivity contribution in [2.24, 2.45) is 46.3 Å². The molecular weight excluding hydrogens is 472 g/mol. The van der Waals surface area contributed by atoms with E-state index in [2.05, 4.69) is 56.6 Å². The third kappa shape index (κ3) is 4.88. The number of hydrogen-bond acceptors (Lipinski definition) is 2. The first-order valence-electron chi connectivity index (χ1n) is 14.1. The minimum absolute atomic E-state index is 0.0739. The molecular formula is C30H49BrO2. The number of hydrogen-bond donors (Lipinski definition) is 0. The van der Waals surface area contributed by atoms with E-state index in [-0.39, 0.29) is 16.9 Å². The maximum Gasteiger partial charge on any atom is 0.319 e. The lowest BCUT2D eigenvalue weighted by molar-refractivity contribution is -0.150. The van der Waals surface area contributed by atoms with Crippen molar-refractivity contribution in [1.29, 1.82) is 0 Å². The Morgan fingerprint density at radius 1 is 1.06 bits per heavy atom. The van der Waals surface area contributed by atoms with Crippen molar-refractivity contribution in [3.05, 3.63) is 11.6 Å². The van der Waals surface area contributed by atoms with Crippen LogP contribution in [-0.2, 0) is 9.53 Å². The van der Waals surface area contributed by atoms with Gasteiger partial charge in [0.15, 0.2) is 0 Å². The Morgan fingerprint density at radius 3 is 2.52 bits per heavy atom. The lowest BCUT2D eigenvalue weighted by Crippen LogP contribution is -2.51. The molecule has 0 radical (unpaired) electrons. The van der Waals surface area contributed by atoms with Gasteiger partial charge in [-0.15, -0.1) is 0 Å². The molecule has 0 bridgehead atoms. The van der Waals surface area contributed by atoms with Crippen LogP contribution in [0.15, 0.2) is 11.6 Å². The highest BCUT2D eigenvalue weighted by molar-refractivity contribution is 9.10. The van der Waals surface area contributed by atoms with Crippen LogP contribution in [0.25, 0.3) is 0 Å². The van der Waals surface area contributed by atoms with Crippen LogP contribution in [0, 0.1) is 46.3 Å². The van der Waals surface area contributed by atoms with Crippen LogP contribution in [0.2, 0.25) is 0 Å². The highest BCUT2D eigenvalue weighted by atomic mass is 79.9. The molecule has 4 aliphatic carbocycles. The molecule has 0 aromatic heterocycles. The fourth-order valence-corrected chi connectivity index (χ4v) is 9.12. The van der Waals surface area contributed by atoms with Gasteiger partial charge >= 0.3 is 5.97 Å². The molecule has 0 aromatic carbocycles. The van der Waals surface area contributed by atoms with E-state index in [9.17, 15) is 4.79 Å². The molecule has 0 unspecified atom stereocenters. The third-order valence-electron chi connectivity index (χ3n) is 10.9. The lowest BCUT2D eigenvalue weighted by atomic mass is 9.47. The Labute approximate surface area is 212 Å². The molecule has 3 fully saturated rings.